The van der Waals surface area contributed by atoms with E-state index in [1.54, 1.807) is 0 Å². The quantitative estimate of drug-likeness (QED) is 0.202. The van der Waals surface area contributed by atoms with Crippen LogP contribution in [0.4, 0.5) is 0 Å². The van der Waals surface area contributed by atoms with Crippen LogP contribution in [-0.4, -0.2) is 26.8 Å². The Balaban J connectivity index is 1.48. The monoisotopic (exact) mass is 474 g/mol. The lowest BCUT2D eigenvalue weighted by Crippen LogP contribution is -2.22. The number of carboxylic acids is 1. The fourth-order valence-electron chi connectivity index (χ4n) is 4.90. The molecule has 0 aliphatic heterocycles. The first kappa shape index (κ1) is 21.3. The normalized spacial score (nSPS) is 11.9. The molecular formula is C30H22O4Si. The van der Waals surface area contributed by atoms with E-state index in [0.29, 0.717) is 0 Å². The summed E-state index contributed by atoms with van der Waals surface area (Å²) in [6, 6.07) is 32.3. The molecule has 0 radical (unpaired) electrons. The minimum Gasteiger partial charge on any atom is -0.520 e. The summed E-state index contributed by atoms with van der Waals surface area (Å²) in [5.41, 5.74) is 0. The van der Waals surface area contributed by atoms with Crippen LogP contribution in [-0.2, 0) is 14.0 Å². The van der Waals surface area contributed by atoms with Gasteiger partial charge < -0.3 is 9.53 Å². The molecule has 0 unspecified atom stereocenters. The Kier molecular flexibility index (Phi) is 5.19. The number of aliphatic carboxylic acids is 1. The highest BCUT2D eigenvalue weighted by Crippen LogP contribution is 2.33. The zero-order valence-electron chi connectivity index (χ0n) is 19.0. The summed E-state index contributed by atoms with van der Waals surface area (Å²) >= 11 is 0. The molecule has 35 heavy (non-hydrogen) atoms. The second-order valence-electron chi connectivity index (χ2n) is 8.95. The molecule has 0 aromatic heterocycles. The van der Waals surface area contributed by atoms with Gasteiger partial charge in [-0.2, -0.15) is 0 Å². The van der Waals surface area contributed by atoms with Gasteiger partial charge >= 0.3 is 5.97 Å². The summed E-state index contributed by atoms with van der Waals surface area (Å²) in [6.45, 7) is 0. The molecule has 0 amide bonds. The molecule has 0 atom stereocenters. The number of carbonyl (C=O) groups excluding carboxylic acids is 1. The van der Waals surface area contributed by atoms with Crippen molar-refractivity contribution in [2.24, 2.45) is 0 Å². The van der Waals surface area contributed by atoms with Crippen LogP contribution in [0.25, 0.3) is 53.9 Å². The van der Waals surface area contributed by atoms with Crippen LogP contribution in [0.1, 0.15) is 12.8 Å². The van der Waals surface area contributed by atoms with Gasteiger partial charge in [0.15, 0.2) is 0 Å². The van der Waals surface area contributed by atoms with E-state index < -0.39 is 21.7 Å². The lowest BCUT2D eigenvalue weighted by molar-refractivity contribution is -0.142. The molecule has 0 fully saturated rings. The van der Waals surface area contributed by atoms with E-state index in [-0.39, 0.29) is 12.8 Å². The van der Waals surface area contributed by atoms with E-state index in [1.807, 2.05) is 12.1 Å². The molecule has 0 aliphatic carbocycles. The molecule has 6 aromatic rings. The van der Waals surface area contributed by atoms with Crippen LogP contribution in [0.2, 0.25) is 0 Å². The first-order chi connectivity index (χ1) is 17.0. The average molecular weight is 475 g/mol. The number of hydrogen-bond acceptors (Lipinski definition) is 3. The van der Waals surface area contributed by atoms with E-state index in [9.17, 15) is 9.59 Å². The van der Waals surface area contributed by atoms with E-state index in [0.717, 1.165) is 16.0 Å². The zero-order valence-corrected chi connectivity index (χ0v) is 20.4. The number of carboxylic acid groups (broad SMARTS) is 1. The lowest BCUT2D eigenvalue weighted by Gasteiger charge is -2.12. The van der Waals surface area contributed by atoms with Gasteiger partial charge in [0.2, 0.25) is 0 Å². The number of hydrogen-bond donors (Lipinski definition) is 1. The molecule has 0 saturated heterocycles. The highest BCUT2D eigenvalue weighted by atomic mass is 28.2. The van der Waals surface area contributed by atoms with E-state index in [1.165, 1.54) is 43.1 Å². The Morgan fingerprint density at radius 3 is 1.89 bits per heavy atom. The van der Waals surface area contributed by atoms with Crippen molar-refractivity contribution in [3.8, 4) is 0 Å². The van der Waals surface area contributed by atoms with Gasteiger partial charge in [-0.15, -0.1) is 0 Å². The van der Waals surface area contributed by atoms with Crippen molar-refractivity contribution in [1.82, 2.24) is 0 Å². The van der Waals surface area contributed by atoms with Crippen molar-refractivity contribution >= 4 is 80.8 Å². The topological polar surface area (TPSA) is 63.6 Å². The highest BCUT2D eigenvalue weighted by Gasteiger charge is 2.11. The van der Waals surface area contributed by atoms with Gasteiger partial charge in [-0.1, -0.05) is 54.6 Å². The zero-order chi connectivity index (χ0) is 23.9. The minimum absolute atomic E-state index is 0.0948. The van der Waals surface area contributed by atoms with Crippen LogP contribution in [0, 0.1) is 0 Å². The molecule has 6 rings (SSSR count). The van der Waals surface area contributed by atoms with Crippen molar-refractivity contribution in [3.63, 3.8) is 0 Å². The second-order valence-corrected chi connectivity index (χ2v) is 10.3. The third kappa shape index (κ3) is 4.00. The smallest absolute Gasteiger partial charge is 0.303 e. The maximum Gasteiger partial charge on any atom is 0.303 e. The van der Waals surface area contributed by atoms with Crippen LogP contribution >= 0.6 is 0 Å². The van der Waals surface area contributed by atoms with Crippen LogP contribution in [0.15, 0.2) is 91.0 Å². The summed E-state index contributed by atoms with van der Waals surface area (Å²) in [6.07, 6.45) is -0.301. The summed E-state index contributed by atoms with van der Waals surface area (Å²) in [7, 11) is -1.34. The SMILES string of the molecule is O=C(O)CCC(=O)O[SiH2]c1cccc2cc3ccc4cc5cc6ccccc6cc5cc4c3cc12. The van der Waals surface area contributed by atoms with Crippen LogP contribution < -0.4 is 5.19 Å². The predicted octanol–water partition coefficient (Wildman–Crippen LogP) is 5.57. The molecule has 5 heteroatoms. The summed E-state index contributed by atoms with van der Waals surface area (Å²) in [5.74, 6) is -1.44. The third-order valence-electron chi connectivity index (χ3n) is 6.68. The molecule has 1 N–H and O–H groups in total. The number of benzene rings is 6. The van der Waals surface area contributed by atoms with Crippen molar-refractivity contribution < 1.29 is 19.1 Å². The Hall–Kier alpha value is -4.22. The number of carbonyl (C=O) groups is 2. The summed E-state index contributed by atoms with van der Waals surface area (Å²) in [5, 5.41) is 21.6. The average Bonchev–Trinajstić information content (AvgIpc) is 2.87. The third-order valence-corrected chi connectivity index (χ3v) is 8.07. The predicted molar refractivity (Wildman–Crippen MR) is 145 cm³/mol. The van der Waals surface area contributed by atoms with Gasteiger partial charge in [0.05, 0.1) is 12.8 Å². The standard InChI is InChI=1S/C30H22O4Si/c31-29(32)10-11-30(33)34-35-28-7-3-6-20-14-21-8-9-22-15-23-12-18-4-1-2-5-19(18)13-24(23)16-25(22)26(21)17-27(20)28/h1-9,12-17H,10-11,35H2,(H,31,32). The molecular weight excluding hydrogens is 452 g/mol. The van der Waals surface area contributed by atoms with Crippen molar-refractivity contribution in [2.75, 3.05) is 0 Å². The van der Waals surface area contributed by atoms with Crippen molar-refractivity contribution in [1.29, 1.82) is 0 Å². The molecule has 170 valence electrons. The Bertz CT molecular complexity index is 1810. The molecule has 0 saturated carbocycles. The fourth-order valence-corrected chi connectivity index (χ4v) is 6.06. The van der Waals surface area contributed by atoms with Crippen molar-refractivity contribution in [2.45, 2.75) is 12.8 Å². The summed E-state index contributed by atoms with van der Waals surface area (Å²) < 4.78 is 5.52. The first-order valence-electron chi connectivity index (χ1n) is 11.6. The fraction of sp³-hybridized carbons (Fsp3) is 0.0667. The largest absolute Gasteiger partial charge is 0.520 e. The van der Waals surface area contributed by atoms with Gasteiger partial charge in [0, 0.05) is 0 Å². The van der Waals surface area contributed by atoms with E-state index >= 15 is 0 Å². The Morgan fingerprint density at radius 1 is 0.600 bits per heavy atom. The molecule has 0 bridgehead atoms. The Morgan fingerprint density at radius 2 is 1.17 bits per heavy atom. The van der Waals surface area contributed by atoms with Gasteiger partial charge in [0.25, 0.3) is 15.7 Å². The highest BCUT2D eigenvalue weighted by molar-refractivity contribution is 6.53. The summed E-state index contributed by atoms with van der Waals surface area (Å²) in [4.78, 5) is 22.7. The van der Waals surface area contributed by atoms with Crippen molar-refractivity contribution in [3.05, 3.63) is 91.0 Å². The van der Waals surface area contributed by atoms with Crippen LogP contribution in [0.5, 0.6) is 0 Å². The van der Waals surface area contributed by atoms with Gasteiger partial charge in [-0.3, -0.25) is 9.59 Å². The molecule has 0 heterocycles. The molecule has 0 aliphatic rings. The molecule has 6 aromatic carbocycles. The van der Waals surface area contributed by atoms with E-state index in [4.69, 9.17) is 9.53 Å². The lowest BCUT2D eigenvalue weighted by atomic mass is 9.95. The van der Waals surface area contributed by atoms with Gasteiger partial charge in [-0.25, -0.2) is 0 Å². The van der Waals surface area contributed by atoms with E-state index in [2.05, 4.69) is 78.9 Å². The molecule has 0 spiro atoms. The minimum atomic E-state index is -1.34. The van der Waals surface area contributed by atoms with Crippen LogP contribution in [0.3, 0.4) is 0 Å². The maximum atomic E-state index is 12.0. The maximum absolute atomic E-state index is 12.0. The number of fused-ring (bicyclic) bond motifs is 6. The van der Waals surface area contributed by atoms with Gasteiger partial charge in [0.1, 0.15) is 0 Å². The Labute approximate surface area is 203 Å². The van der Waals surface area contributed by atoms with Gasteiger partial charge in [-0.05, 0) is 95.4 Å². The number of rotatable bonds is 5. The first-order valence-corrected chi connectivity index (χ1v) is 12.9. The molecule has 4 nitrogen and oxygen atoms in total. The second kappa shape index (κ2) is 8.53.